The normalized spacial score (nSPS) is 20.2. The average Bonchev–Trinajstić information content (AvgIpc) is 3.01. The van der Waals surface area contributed by atoms with E-state index in [1.54, 1.807) is 11.6 Å². The monoisotopic (exact) mass is 367 g/mol. The fraction of sp³-hybridized carbons (Fsp3) is 0.412. The molecule has 0 radical (unpaired) electrons. The van der Waals surface area contributed by atoms with Gasteiger partial charge in [0.05, 0.1) is 40.4 Å². The summed E-state index contributed by atoms with van der Waals surface area (Å²) in [5.74, 6) is 0. The highest BCUT2D eigenvalue weighted by Gasteiger charge is 2.37. The summed E-state index contributed by atoms with van der Waals surface area (Å²) in [6, 6.07) is 7.16. The van der Waals surface area contributed by atoms with E-state index >= 15 is 0 Å². The molecule has 0 saturated carbocycles. The lowest BCUT2D eigenvalue weighted by molar-refractivity contribution is -0.140. The topological polar surface area (TPSA) is 49.2 Å². The first kappa shape index (κ1) is 17.9. The fourth-order valence-electron chi connectivity index (χ4n) is 3.01. The third kappa shape index (κ3) is 3.68. The SMILES string of the molecule is Cc1ncsc1C(C#N)N1CCOC(c2ccccc2C(F)(F)F)C1. The molecule has 2 atom stereocenters. The second-order valence-corrected chi connectivity index (χ2v) is 6.66. The van der Waals surface area contributed by atoms with Crippen LogP contribution in [-0.2, 0) is 10.9 Å². The van der Waals surface area contributed by atoms with Gasteiger partial charge in [-0.3, -0.25) is 4.90 Å². The van der Waals surface area contributed by atoms with Crippen molar-refractivity contribution >= 4 is 11.3 Å². The molecule has 2 heterocycles. The van der Waals surface area contributed by atoms with E-state index in [0.29, 0.717) is 6.54 Å². The molecule has 1 aliphatic heterocycles. The highest BCUT2D eigenvalue weighted by molar-refractivity contribution is 7.09. The number of morpholine rings is 1. The number of ether oxygens (including phenoxy) is 1. The summed E-state index contributed by atoms with van der Waals surface area (Å²) >= 11 is 1.38. The third-order valence-electron chi connectivity index (χ3n) is 4.23. The smallest absolute Gasteiger partial charge is 0.371 e. The Morgan fingerprint density at radius 2 is 2.16 bits per heavy atom. The van der Waals surface area contributed by atoms with Crippen molar-refractivity contribution in [1.29, 1.82) is 5.26 Å². The van der Waals surface area contributed by atoms with E-state index in [9.17, 15) is 18.4 Å². The number of alkyl halides is 3. The highest BCUT2D eigenvalue weighted by Crippen LogP contribution is 2.38. The van der Waals surface area contributed by atoms with Crippen LogP contribution in [0.4, 0.5) is 13.2 Å². The number of rotatable bonds is 3. The van der Waals surface area contributed by atoms with Crippen molar-refractivity contribution in [2.45, 2.75) is 25.2 Å². The summed E-state index contributed by atoms with van der Waals surface area (Å²) in [6.45, 7) is 2.81. The predicted molar refractivity (Wildman–Crippen MR) is 86.9 cm³/mol. The highest BCUT2D eigenvalue weighted by atomic mass is 32.1. The summed E-state index contributed by atoms with van der Waals surface area (Å²) < 4.78 is 45.4. The first-order valence-electron chi connectivity index (χ1n) is 7.73. The maximum Gasteiger partial charge on any atom is 0.416 e. The van der Waals surface area contributed by atoms with Gasteiger partial charge in [-0.1, -0.05) is 18.2 Å². The van der Waals surface area contributed by atoms with Gasteiger partial charge in [0.1, 0.15) is 6.04 Å². The minimum atomic E-state index is -4.44. The largest absolute Gasteiger partial charge is 0.416 e. The standard InChI is InChI=1S/C17H16F3N3OS/c1-11-16(25-10-22-11)14(8-21)23-6-7-24-15(9-23)12-4-2-3-5-13(12)17(18,19)20/h2-5,10,14-15H,6-7,9H2,1H3. The van der Waals surface area contributed by atoms with Gasteiger partial charge in [-0.25, -0.2) is 4.98 Å². The molecule has 0 aliphatic carbocycles. The Morgan fingerprint density at radius 1 is 1.40 bits per heavy atom. The molecule has 132 valence electrons. The van der Waals surface area contributed by atoms with E-state index in [2.05, 4.69) is 11.1 Å². The van der Waals surface area contributed by atoms with Crippen LogP contribution in [0.5, 0.6) is 0 Å². The molecule has 1 aliphatic rings. The summed E-state index contributed by atoms with van der Waals surface area (Å²) in [6.07, 6.45) is -5.17. The lowest BCUT2D eigenvalue weighted by Gasteiger charge is -2.36. The van der Waals surface area contributed by atoms with Gasteiger partial charge in [0, 0.05) is 13.1 Å². The molecule has 2 aromatic rings. The first-order chi connectivity index (χ1) is 11.9. The number of benzene rings is 1. The van der Waals surface area contributed by atoms with Gasteiger partial charge in [0.2, 0.25) is 0 Å². The van der Waals surface area contributed by atoms with Gasteiger partial charge in [-0.2, -0.15) is 18.4 Å². The number of aryl methyl sites for hydroxylation is 1. The Hall–Kier alpha value is -1.95. The van der Waals surface area contributed by atoms with E-state index in [-0.39, 0.29) is 18.7 Å². The van der Waals surface area contributed by atoms with Crippen LogP contribution in [0.15, 0.2) is 29.8 Å². The Balaban J connectivity index is 1.88. The van der Waals surface area contributed by atoms with Crippen LogP contribution in [-0.4, -0.2) is 29.6 Å². The first-order valence-corrected chi connectivity index (χ1v) is 8.61. The molecule has 4 nitrogen and oxygen atoms in total. The Morgan fingerprint density at radius 3 is 2.80 bits per heavy atom. The molecule has 2 unspecified atom stereocenters. The van der Waals surface area contributed by atoms with Crippen molar-refractivity contribution in [3.8, 4) is 6.07 Å². The zero-order valence-corrected chi connectivity index (χ0v) is 14.3. The lowest BCUT2D eigenvalue weighted by atomic mass is 10.00. The molecular weight excluding hydrogens is 351 g/mol. The van der Waals surface area contributed by atoms with E-state index < -0.39 is 23.9 Å². The Labute approximate surface area is 147 Å². The maximum absolute atomic E-state index is 13.3. The van der Waals surface area contributed by atoms with E-state index in [0.717, 1.165) is 16.6 Å². The molecule has 1 aromatic carbocycles. The number of halogens is 3. The number of nitriles is 1. The van der Waals surface area contributed by atoms with Crippen LogP contribution in [0.25, 0.3) is 0 Å². The van der Waals surface area contributed by atoms with E-state index in [1.165, 1.54) is 23.5 Å². The molecule has 1 fully saturated rings. The average molecular weight is 367 g/mol. The number of hydrogen-bond acceptors (Lipinski definition) is 5. The zero-order valence-electron chi connectivity index (χ0n) is 13.5. The van der Waals surface area contributed by atoms with Gasteiger partial charge in [0.15, 0.2) is 0 Å². The Kier molecular flexibility index (Phi) is 5.08. The zero-order chi connectivity index (χ0) is 18.0. The van der Waals surface area contributed by atoms with E-state index in [4.69, 9.17) is 4.74 Å². The molecule has 3 rings (SSSR count). The molecule has 0 spiro atoms. The second-order valence-electron chi connectivity index (χ2n) is 5.77. The van der Waals surface area contributed by atoms with Crippen LogP contribution in [0.1, 0.15) is 33.8 Å². The van der Waals surface area contributed by atoms with E-state index in [1.807, 2.05) is 11.8 Å². The molecule has 25 heavy (non-hydrogen) atoms. The lowest BCUT2D eigenvalue weighted by Crippen LogP contribution is -2.40. The minimum absolute atomic E-state index is 0.109. The molecule has 1 saturated heterocycles. The molecule has 0 N–H and O–H groups in total. The van der Waals surface area contributed by atoms with Crippen molar-refractivity contribution < 1.29 is 17.9 Å². The van der Waals surface area contributed by atoms with Gasteiger partial charge < -0.3 is 4.74 Å². The van der Waals surface area contributed by atoms with Crippen molar-refractivity contribution in [3.63, 3.8) is 0 Å². The maximum atomic E-state index is 13.3. The molecule has 0 bridgehead atoms. The fourth-order valence-corrected chi connectivity index (χ4v) is 3.89. The van der Waals surface area contributed by atoms with Crippen molar-refractivity contribution in [3.05, 3.63) is 51.5 Å². The van der Waals surface area contributed by atoms with Gasteiger partial charge in [0.25, 0.3) is 0 Å². The molecule has 0 amide bonds. The summed E-state index contributed by atoms with van der Waals surface area (Å²) in [7, 11) is 0. The minimum Gasteiger partial charge on any atom is -0.371 e. The quantitative estimate of drug-likeness (QED) is 0.819. The summed E-state index contributed by atoms with van der Waals surface area (Å²) in [4.78, 5) is 6.85. The van der Waals surface area contributed by atoms with Crippen molar-refractivity contribution in [1.82, 2.24) is 9.88 Å². The van der Waals surface area contributed by atoms with Gasteiger partial charge in [-0.05, 0) is 18.6 Å². The molecule has 8 heteroatoms. The van der Waals surface area contributed by atoms with Gasteiger partial charge >= 0.3 is 6.18 Å². The number of hydrogen-bond donors (Lipinski definition) is 0. The summed E-state index contributed by atoms with van der Waals surface area (Å²) in [5.41, 5.74) is 1.86. The van der Waals surface area contributed by atoms with Crippen molar-refractivity contribution in [2.24, 2.45) is 0 Å². The second kappa shape index (κ2) is 7.12. The van der Waals surface area contributed by atoms with Gasteiger partial charge in [-0.15, -0.1) is 11.3 Å². The van der Waals surface area contributed by atoms with Crippen molar-refractivity contribution in [2.75, 3.05) is 19.7 Å². The van der Waals surface area contributed by atoms with Crippen LogP contribution in [0, 0.1) is 18.3 Å². The molecular formula is C17H16F3N3OS. The van der Waals surface area contributed by atoms with Crippen LogP contribution in [0.2, 0.25) is 0 Å². The number of aromatic nitrogens is 1. The number of thiazole rings is 1. The third-order valence-corrected chi connectivity index (χ3v) is 5.21. The number of nitrogens with zero attached hydrogens (tertiary/aromatic N) is 3. The molecule has 1 aromatic heterocycles. The summed E-state index contributed by atoms with van der Waals surface area (Å²) in [5, 5.41) is 9.58. The predicted octanol–water partition coefficient (Wildman–Crippen LogP) is 4.11. The van der Waals surface area contributed by atoms with Crippen LogP contribution >= 0.6 is 11.3 Å². The van der Waals surface area contributed by atoms with Crippen LogP contribution in [0.3, 0.4) is 0 Å². The Bertz CT molecular complexity index is 784. The van der Waals surface area contributed by atoms with Crippen LogP contribution < -0.4 is 0 Å².